The average molecular weight is 380 g/mol. The number of cyclic esters (lactones) is 1. The molecule has 0 aromatic heterocycles. The summed E-state index contributed by atoms with van der Waals surface area (Å²) in [5.41, 5.74) is 1.21. The molecule has 2 spiro atoms. The van der Waals surface area contributed by atoms with E-state index in [0.717, 1.165) is 73.8 Å². The van der Waals surface area contributed by atoms with E-state index < -0.39 is 11.0 Å². The number of unbranched alkanes of at least 4 members (excludes halogenated alkanes) is 1. The second-order valence-corrected chi connectivity index (χ2v) is 8.79. The number of ether oxygens (including phenoxy) is 2. The molecule has 0 N–H and O–H groups in total. The van der Waals surface area contributed by atoms with Gasteiger partial charge in [0.25, 0.3) is 0 Å². The van der Waals surface area contributed by atoms with Crippen LogP contribution in [0.2, 0.25) is 0 Å². The highest BCUT2D eigenvalue weighted by Gasteiger charge is 2.75. The Labute approximate surface area is 166 Å². The molecular weight excluding hydrogens is 352 g/mol. The minimum Gasteiger partial charge on any atom is -0.449 e. The first-order chi connectivity index (χ1) is 13.6. The van der Waals surface area contributed by atoms with Gasteiger partial charge in [-0.05, 0) is 56.1 Å². The lowest BCUT2D eigenvalue weighted by atomic mass is 9.45. The Morgan fingerprint density at radius 3 is 2.86 bits per heavy atom. The minimum absolute atomic E-state index is 0.206. The first kappa shape index (κ1) is 18.0. The Kier molecular flexibility index (Phi) is 3.98. The molecule has 28 heavy (non-hydrogen) atoms. The summed E-state index contributed by atoms with van der Waals surface area (Å²) in [6.07, 6.45) is 15.7. The second-order valence-electron chi connectivity index (χ2n) is 8.79. The summed E-state index contributed by atoms with van der Waals surface area (Å²) in [6, 6.07) is 0. The third kappa shape index (κ3) is 1.96. The average Bonchev–Trinajstić information content (AvgIpc) is 3.17. The fraction of sp³-hybridized carbons (Fsp3) is 0.583. The van der Waals surface area contributed by atoms with Crippen LogP contribution in [0.5, 0.6) is 0 Å². The summed E-state index contributed by atoms with van der Waals surface area (Å²) in [4.78, 5) is 25.9. The van der Waals surface area contributed by atoms with Crippen LogP contribution in [0.15, 0.2) is 46.8 Å². The normalized spacial score (nSPS) is 39.4. The van der Waals surface area contributed by atoms with Crippen molar-refractivity contribution in [3.8, 4) is 0 Å². The van der Waals surface area contributed by atoms with Gasteiger partial charge in [-0.3, -0.25) is 0 Å². The van der Waals surface area contributed by atoms with Crippen LogP contribution < -0.4 is 0 Å². The molecular formula is C24H28O4. The van der Waals surface area contributed by atoms with Crippen molar-refractivity contribution in [3.63, 3.8) is 0 Å². The van der Waals surface area contributed by atoms with E-state index in [1.165, 1.54) is 0 Å². The molecule has 2 fully saturated rings. The zero-order valence-electron chi connectivity index (χ0n) is 16.8. The number of fused-ring (bicyclic) bond motifs is 1. The molecule has 0 unspecified atom stereocenters. The molecule has 0 aromatic carbocycles. The van der Waals surface area contributed by atoms with Gasteiger partial charge >= 0.3 is 11.9 Å². The lowest BCUT2D eigenvalue weighted by molar-refractivity contribution is -0.176. The Balaban J connectivity index is 1.80. The fourth-order valence-electron chi connectivity index (χ4n) is 6.57. The van der Waals surface area contributed by atoms with Gasteiger partial charge in [0.1, 0.15) is 11.2 Å². The predicted octanol–water partition coefficient (Wildman–Crippen LogP) is 4.92. The van der Waals surface area contributed by atoms with Gasteiger partial charge in [0, 0.05) is 5.92 Å². The Hall–Kier alpha value is -2.10. The van der Waals surface area contributed by atoms with E-state index in [2.05, 4.69) is 32.1 Å². The summed E-state index contributed by atoms with van der Waals surface area (Å²) in [6.45, 7) is 4.31. The smallest absolute Gasteiger partial charge is 0.340 e. The van der Waals surface area contributed by atoms with Gasteiger partial charge < -0.3 is 9.47 Å². The van der Waals surface area contributed by atoms with Crippen molar-refractivity contribution in [3.05, 3.63) is 46.8 Å². The number of carbonyl (C=O) groups is 2. The predicted molar refractivity (Wildman–Crippen MR) is 105 cm³/mol. The number of esters is 2. The third-order valence-electron chi connectivity index (χ3n) is 7.52. The Morgan fingerprint density at radius 2 is 2.07 bits per heavy atom. The molecule has 1 saturated heterocycles. The molecule has 4 nitrogen and oxygen atoms in total. The monoisotopic (exact) mass is 380 g/mol. The van der Waals surface area contributed by atoms with Gasteiger partial charge in [-0.1, -0.05) is 44.9 Å². The largest absolute Gasteiger partial charge is 0.449 e. The highest BCUT2D eigenvalue weighted by Crippen LogP contribution is 2.71. The van der Waals surface area contributed by atoms with Crippen molar-refractivity contribution < 1.29 is 19.1 Å². The standard InChI is InChI=1S/C24H28O4/c1-3-5-11-20-23-13-12-15(14-19(23)22(26)27-20)17(8-4-2)24(23)18-10-7-6-9-16(18)21(25)28-24/h6,9,11,14-15,17H,3-5,7-8,10,12-13H2,1-2H3/b20-11-/t15-,17+,23+,24+/m1/s1. The van der Waals surface area contributed by atoms with Crippen LogP contribution in [0.4, 0.5) is 0 Å². The lowest BCUT2D eigenvalue weighted by Gasteiger charge is -2.59. The number of hydrogen-bond acceptors (Lipinski definition) is 4. The van der Waals surface area contributed by atoms with E-state index in [1.807, 2.05) is 6.08 Å². The third-order valence-corrected chi connectivity index (χ3v) is 7.52. The van der Waals surface area contributed by atoms with Crippen molar-refractivity contribution in [2.75, 3.05) is 0 Å². The summed E-state index contributed by atoms with van der Waals surface area (Å²) in [7, 11) is 0. The van der Waals surface area contributed by atoms with Crippen molar-refractivity contribution in [2.45, 2.75) is 70.8 Å². The fourth-order valence-corrected chi connectivity index (χ4v) is 6.57. The molecule has 0 aromatic rings. The van der Waals surface area contributed by atoms with Crippen LogP contribution in [-0.4, -0.2) is 17.5 Å². The maximum Gasteiger partial charge on any atom is 0.340 e. The maximum absolute atomic E-state index is 13.0. The van der Waals surface area contributed by atoms with Gasteiger partial charge in [-0.25, -0.2) is 9.59 Å². The molecule has 1 saturated carbocycles. The first-order valence-electron chi connectivity index (χ1n) is 10.9. The van der Waals surface area contributed by atoms with Crippen LogP contribution in [0.3, 0.4) is 0 Å². The van der Waals surface area contributed by atoms with Crippen molar-refractivity contribution in [1.82, 2.24) is 0 Å². The van der Waals surface area contributed by atoms with E-state index in [4.69, 9.17) is 9.47 Å². The maximum atomic E-state index is 13.0. The molecule has 4 aliphatic carbocycles. The zero-order chi connectivity index (χ0) is 19.5. The summed E-state index contributed by atoms with van der Waals surface area (Å²) in [5, 5.41) is 0. The minimum atomic E-state index is -0.751. The lowest BCUT2D eigenvalue weighted by Crippen LogP contribution is -2.63. The van der Waals surface area contributed by atoms with Crippen LogP contribution in [0.1, 0.15) is 65.2 Å². The molecule has 4 atom stereocenters. The van der Waals surface area contributed by atoms with Crippen LogP contribution in [-0.2, 0) is 19.1 Å². The molecule has 2 aliphatic heterocycles. The van der Waals surface area contributed by atoms with Gasteiger partial charge in [0.2, 0.25) is 0 Å². The van der Waals surface area contributed by atoms with Gasteiger partial charge in [-0.2, -0.15) is 0 Å². The number of rotatable bonds is 4. The van der Waals surface area contributed by atoms with Crippen molar-refractivity contribution >= 4 is 11.9 Å². The summed E-state index contributed by atoms with van der Waals surface area (Å²) >= 11 is 0. The van der Waals surface area contributed by atoms with E-state index in [0.29, 0.717) is 0 Å². The van der Waals surface area contributed by atoms with E-state index in [-0.39, 0.29) is 23.8 Å². The quantitative estimate of drug-likeness (QED) is 0.650. The Bertz CT molecular complexity index is 873. The molecule has 6 rings (SSSR count). The topological polar surface area (TPSA) is 52.6 Å². The SMILES string of the molecule is CCC/C=C1\OC(=O)C2=C[C@H]3CC[C@]21[C@]1(OC(=O)C2=C1CCC=C2)[C@H]3CCC. The van der Waals surface area contributed by atoms with E-state index in [9.17, 15) is 9.59 Å². The van der Waals surface area contributed by atoms with Gasteiger partial charge in [0.05, 0.1) is 11.1 Å². The summed E-state index contributed by atoms with van der Waals surface area (Å²) in [5.74, 6) is 0.749. The summed E-state index contributed by atoms with van der Waals surface area (Å²) < 4.78 is 12.3. The number of allylic oxidation sites excluding steroid dienone is 3. The molecule has 4 heteroatoms. The second kappa shape index (κ2) is 6.20. The van der Waals surface area contributed by atoms with Crippen LogP contribution in [0.25, 0.3) is 0 Å². The van der Waals surface area contributed by atoms with Crippen molar-refractivity contribution in [2.24, 2.45) is 17.3 Å². The zero-order valence-corrected chi connectivity index (χ0v) is 16.8. The van der Waals surface area contributed by atoms with Gasteiger partial charge in [0.15, 0.2) is 5.60 Å². The highest BCUT2D eigenvalue weighted by molar-refractivity contribution is 6.00. The van der Waals surface area contributed by atoms with Crippen LogP contribution >= 0.6 is 0 Å². The number of hydrogen-bond donors (Lipinski definition) is 0. The van der Waals surface area contributed by atoms with Crippen LogP contribution in [0, 0.1) is 17.3 Å². The molecule has 6 aliphatic rings. The highest BCUT2D eigenvalue weighted by atomic mass is 16.6. The van der Waals surface area contributed by atoms with E-state index >= 15 is 0 Å². The molecule has 0 amide bonds. The van der Waals surface area contributed by atoms with Crippen molar-refractivity contribution in [1.29, 1.82) is 0 Å². The molecule has 0 radical (unpaired) electrons. The molecule has 2 bridgehead atoms. The molecule has 2 heterocycles. The number of carbonyl (C=O) groups excluding carboxylic acids is 2. The van der Waals surface area contributed by atoms with E-state index in [1.54, 1.807) is 0 Å². The Morgan fingerprint density at radius 1 is 1.21 bits per heavy atom. The van der Waals surface area contributed by atoms with Gasteiger partial charge in [-0.15, -0.1) is 0 Å². The first-order valence-corrected chi connectivity index (χ1v) is 10.9. The molecule has 148 valence electrons.